The fourth-order valence-corrected chi connectivity index (χ4v) is 3.73. The first-order valence-corrected chi connectivity index (χ1v) is 9.26. The quantitative estimate of drug-likeness (QED) is 0.561. The normalized spacial score (nSPS) is 13.8. The minimum absolute atomic E-state index is 0.107. The lowest BCUT2D eigenvalue weighted by Gasteiger charge is -2.24. The fraction of sp³-hybridized carbons (Fsp3) is 0.571. The summed E-state index contributed by atoms with van der Waals surface area (Å²) < 4.78 is 21.9. The lowest BCUT2D eigenvalue weighted by molar-refractivity contribution is 0.210. The van der Waals surface area contributed by atoms with Gasteiger partial charge in [-0.2, -0.15) is 0 Å². The molecule has 20 heavy (non-hydrogen) atoms. The van der Waals surface area contributed by atoms with Crippen LogP contribution in [0.4, 0.5) is 0 Å². The van der Waals surface area contributed by atoms with Crippen molar-refractivity contribution < 1.29 is 23.4 Å². The molecule has 0 bridgehead atoms. The topological polar surface area (TPSA) is 57.2 Å². The predicted molar refractivity (Wildman–Crippen MR) is 79.8 cm³/mol. The van der Waals surface area contributed by atoms with Gasteiger partial charge in [-0.3, -0.25) is 0 Å². The molecule has 0 aliphatic rings. The van der Waals surface area contributed by atoms with Crippen LogP contribution in [0.1, 0.15) is 13.3 Å². The van der Waals surface area contributed by atoms with Crippen LogP contribution in [0.15, 0.2) is 18.2 Å². The molecule has 1 aromatic rings. The van der Waals surface area contributed by atoms with Crippen molar-refractivity contribution in [2.75, 3.05) is 27.4 Å². The molecule has 1 unspecified atom stereocenters. The molecule has 1 rings (SSSR count). The lowest BCUT2D eigenvalue weighted by atomic mass is 10.3. The zero-order chi connectivity index (χ0) is 15.0. The van der Waals surface area contributed by atoms with Crippen LogP contribution in [0.25, 0.3) is 0 Å². The zero-order valence-corrected chi connectivity index (χ0v) is 13.6. The predicted octanol–water partition coefficient (Wildman–Crippen LogP) is 2.92. The number of aromatic hydroxyl groups is 1. The van der Waals surface area contributed by atoms with Gasteiger partial charge in [0.15, 0.2) is 11.5 Å². The summed E-state index contributed by atoms with van der Waals surface area (Å²) in [6.45, 7) is 5.28. The van der Waals surface area contributed by atoms with Crippen LogP contribution in [0.5, 0.6) is 17.2 Å². The minimum Gasteiger partial charge on any atom is -0.504 e. The van der Waals surface area contributed by atoms with Gasteiger partial charge in [0.25, 0.3) is 0 Å². The maximum Gasteiger partial charge on any atom is 0.334 e. The number of phenolic OH excluding ortho intramolecular Hbond substituents is 1. The van der Waals surface area contributed by atoms with E-state index in [1.807, 2.05) is 6.92 Å². The van der Waals surface area contributed by atoms with Gasteiger partial charge in [0.1, 0.15) is 5.75 Å². The standard InChI is InChI=1S/C14H24O5Si/c1-5-19-20(4,17-3)10-6-9-18-12-7-8-13(15)14(11-12)16-2/h7-8,11,15H,5-6,9-10H2,1-4H3. The van der Waals surface area contributed by atoms with Gasteiger partial charge in [-0.25, -0.2) is 0 Å². The molecule has 0 aliphatic carbocycles. The first-order valence-electron chi connectivity index (χ1n) is 6.73. The average molecular weight is 300 g/mol. The molecule has 0 saturated heterocycles. The number of benzene rings is 1. The number of ether oxygens (including phenoxy) is 2. The van der Waals surface area contributed by atoms with E-state index < -0.39 is 8.56 Å². The van der Waals surface area contributed by atoms with Crippen LogP contribution in [-0.2, 0) is 8.85 Å². The molecule has 1 N–H and O–H groups in total. The Labute approximate surface area is 121 Å². The summed E-state index contributed by atoms with van der Waals surface area (Å²) in [6, 6.07) is 5.83. The molecule has 6 heteroatoms. The van der Waals surface area contributed by atoms with Gasteiger partial charge in [0, 0.05) is 19.8 Å². The molecule has 114 valence electrons. The Bertz CT molecular complexity index is 413. The monoisotopic (exact) mass is 300 g/mol. The zero-order valence-electron chi connectivity index (χ0n) is 12.6. The number of hydrogen-bond acceptors (Lipinski definition) is 5. The van der Waals surface area contributed by atoms with E-state index in [4.69, 9.17) is 18.3 Å². The molecule has 0 heterocycles. The molecule has 0 amide bonds. The maximum atomic E-state index is 9.50. The molecule has 0 fully saturated rings. The Hall–Kier alpha value is -1.24. The number of hydrogen-bond donors (Lipinski definition) is 1. The SMILES string of the molecule is CCO[Si](C)(CCCOc1ccc(O)c(OC)c1)OC. The number of phenols is 1. The van der Waals surface area contributed by atoms with Crippen molar-refractivity contribution in [3.63, 3.8) is 0 Å². The van der Waals surface area contributed by atoms with Crippen LogP contribution >= 0.6 is 0 Å². The summed E-state index contributed by atoms with van der Waals surface area (Å²) in [6.07, 6.45) is 0.861. The first-order chi connectivity index (χ1) is 9.54. The summed E-state index contributed by atoms with van der Waals surface area (Å²) in [5, 5.41) is 9.50. The van der Waals surface area contributed by atoms with Crippen molar-refractivity contribution in [3.8, 4) is 17.2 Å². The van der Waals surface area contributed by atoms with Crippen LogP contribution in [0.2, 0.25) is 12.6 Å². The second kappa shape index (κ2) is 8.14. The average Bonchev–Trinajstić information content (AvgIpc) is 2.45. The largest absolute Gasteiger partial charge is 0.504 e. The van der Waals surface area contributed by atoms with Gasteiger partial charge < -0.3 is 23.4 Å². The van der Waals surface area contributed by atoms with E-state index >= 15 is 0 Å². The molecule has 5 nitrogen and oxygen atoms in total. The van der Waals surface area contributed by atoms with Gasteiger partial charge >= 0.3 is 8.56 Å². The Morgan fingerprint density at radius 1 is 1.25 bits per heavy atom. The summed E-state index contributed by atoms with van der Waals surface area (Å²) in [7, 11) is 1.18. The Morgan fingerprint density at radius 3 is 2.60 bits per heavy atom. The van der Waals surface area contributed by atoms with Crippen molar-refractivity contribution in [2.24, 2.45) is 0 Å². The number of rotatable bonds is 9. The van der Waals surface area contributed by atoms with Gasteiger partial charge in [-0.05, 0) is 38.1 Å². The van der Waals surface area contributed by atoms with Crippen LogP contribution in [0.3, 0.4) is 0 Å². The number of methoxy groups -OCH3 is 1. The second-order valence-electron chi connectivity index (χ2n) is 4.56. The fourth-order valence-electron chi connectivity index (χ4n) is 1.87. The highest BCUT2D eigenvalue weighted by molar-refractivity contribution is 6.65. The highest BCUT2D eigenvalue weighted by Gasteiger charge is 2.28. The third-order valence-electron chi connectivity index (χ3n) is 3.08. The van der Waals surface area contributed by atoms with Gasteiger partial charge in [0.05, 0.1) is 13.7 Å². The smallest absolute Gasteiger partial charge is 0.334 e. The third kappa shape index (κ3) is 5.03. The van der Waals surface area contributed by atoms with Crippen molar-refractivity contribution in [1.82, 2.24) is 0 Å². The van der Waals surface area contributed by atoms with Gasteiger partial charge in [-0.15, -0.1) is 0 Å². The molecule has 0 spiro atoms. The first kappa shape index (κ1) is 16.8. The van der Waals surface area contributed by atoms with E-state index in [9.17, 15) is 5.11 Å². The van der Waals surface area contributed by atoms with E-state index in [1.54, 1.807) is 25.3 Å². The Kier molecular flexibility index (Phi) is 6.84. The summed E-state index contributed by atoms with van der Waals surface area (Å²) in [5.74, 6) is 1.19. The van der Waals surface area contributed by atoms with Crippen LogP contribution in [-0.4, -0.2) is 41.1 Å². The van der Waals surface area contributed by atoms with Crippen molar-refractivity contribution >= 4 is 8.56 Å². The molecule has 0 radical (unpaired) electrons. The lowest BCUT2D eigenvalue weighted by Crippen LogP contribution is -2.37. The van der Waals surface area contributed by atoms with Gasteiger partial charge in [0.2, 0.25) is 0 Å². The van der Waals surface area contributed by atoms with Crippen molar-refractivity contribution in [1.29, 1.82) is 0 Å². The van der Waals surface area contributed by atoms with Crippen LogP contribution < -0.4 is 9.47 Å². The molecular weight excluding hydrogens is 276 g/mol. The Balaban J connectivity index is 2.41. The molecule has 1 aromatic carbocycles. The van der Waals surface area contributed by atoms with E-state index in [0.717, 1.165) is 12.5 Å². The molecule has 0 aliphatic heterocycles. The molecular formula is C14H24O5Si. The van der Waals surface area contributed by atoms with E-state index in [-0.39, 0.29) is 5.75 Å². The minimum atomic E-state index is -2.03. The Morgan fingerprint density at radius 2 is 2.00 bits per heavy atom. The van der Waals surface area contributed by atoms with E-state index in [1.165, 1.54) is 7.11 Å². The third-order valence-corrected chi connectivity index (χ3v) is 6.10. The van der Waals surface area contributed by atoms with E-state index in [0.29, 0.717) is 24.7 Å². The summed E-state index contributed by atoms with van der Waals surface area (Å²) in [5.41, 5.74) is 0. The highest BCUT2D eigenvalue weighted by atomic mass is 28.4. The molecule has 0 saturated carbocycles. The molecule has 0 aromatic heterocycles. The van der Waals surface area contributed by atoms with Gasteiger partial charge in [-0.1, -0.05) is 0 Å². The molecule has 1 atom stereocenters. The van der Waals surface area contributed by atoms with Crippen molar-refractivity contribution in [3.05, 3.63) is 18.2 Å². The maximum absolute atomic E-state index is 9.50. The van der Waals surface area contributed by atoms with Crippen LogP contribution in [0, 0.1) is 0 Å². The van der Waals surface area contributed by atoms with Crippen molar-refractivity contribution in [2.45, 2.75) is 25.9 Å². The second-order valence-corrected chi connectivity index (χ2v) is 8.02. The van der Waals surface area contributed by atoms with E-state index in [2.05, 4.69) is 6.55 Å². The summed E-state index contributed by atoms with van der Waals surface area (Å²) in [4.78, 5) is 0. The summed E-state index contributed by atoms with van der Waals surface area (Å²) >= 11 is 0. The highest BCUT2D eigenvalue weighted by Crippen LogP contribution is 2.30.